The van der Waals surface area contributed by atoms with Crippen LogP contribution in [0, 0.1) is 0 Å². The molecule has 3 rings (SSSR count). The van der Waals surface area contributed by atoms with Gasteiger partial charge >= 0.3 is 6.80 Å². The van der Waals surface area contributed by atoms with Crippen LogP contribution in [0.15, 0.2) is 36.4 Å². The van der Waals surface area contributed by atoms with Crippen molar-refractivity contribution in [2.75, 3.05) is 0 Å². The highest BCUT2D eigenvalue weighted by Crippen LogP contribution is 2.47. The van der Waals surface area contributed by atoms with Crippen LogP contribution in [0.25, 0.3) is 21.8 Å². The zero-order valence-corrected chi connectivity index (χ0v) is 16.2. The molecule has 0 aliphatic carbocycles. The van der Waals surface area contributed by atoms with Crippen molar-refractivity contribution in [2.45, 2.75) is 39.5 Å². The third-order valence-electron chi connectivity index (χ3n) is 4.11. The minimum absolute atomic E-state index is 0.348. The molecule has 4 nitrogen and oxygen atoms in total. The summed E-state index contributed by atoms with van der Waals surface area (Å²) in [6.07, 6.45) is 3.92. The lowest BCUT2D eigenvalue weighted by Crippen LogP contribution is -1.94. The first-order valence-electron chi connectivity index (χ1n) is 8.51. The lowest BCUT2D eigenvalue weighted by atomic mass is 10.0. The minimum Gasteiger partial charge on any atom is -0.417 e. The van der Waals surface area contributed by atoms with Gasteiger partial charge in [0.25, 0.3) is 0 Å². The molecular formula is C19H22NO3PS. The van der Waals surface area contributed by atoms with Gasteiger partial charge in [-0.25, -0.2) is 9.55 Å². The fourth-order valence-electron chi connectivity index (χ4n) is 3.13. The summed E-state index contributed by atoms with van der Waals surface area (Å²) in [5, 5.41) is 1.95. The first-order chi connectivity index (χ1) is 11.9. The van der Waals surface area contributed by atoms with Crippen LogP contribution in [-0.2, 0) is 17.4 Å². The van der Waals surface area contributed by atoms with Crippen molar-refractivity contribution in [3.63, 3.8) is 0 Å². The van der Waals surface area contributed by atoms with Gasteiger partial charge in [-0.1, -0.05) is 38.8 Å². The second-order valence-corrected chi connectivity index (χ2v) is 8.93. The number of benzene rings is 2. The summed E-state index contributed by atoms with van der Waals surface area (Å²) < 4.78 is 16.6. The Balaban J connectivity index is 2.19. The summed E-state index contributed by atoms with van der Waals surface area (Å²) in [6.45, 7) is 0.367. The van der Waals surface area contributed by atoms with Gasteiger partial charge in [-0.3, -0.25) is 0 Å². The van der Waals surface area contributed by atoms with E-state index in [0.717, 1.165) is 53.1 Å². The van der Waals surface area contributed by atoms with Crippen LogP contribution in [0.3, 0.4) is 0 Å². The molecule has 1 heterocycles. The van der Waals surface area contributed by atoms with Crippen LogP contribution in [0.5, 0.6) is 5.75 Å². The van der Waals surface area contributed by atoms with Crippen molar-refractivity contribution in [1.82, 2.24) is 4.98 Å². The Morgan fingerprint density at radius 1 is 1.08 bits per heavy atom. The average Bonchev–Trinajstić information content (AvgIpc) is 2.52. The standard InChI is InChI=1S/C19H22NO3PS/c1-3-5-13-7-8-14-10-16-12-17(23-24(21,22)25)11-15(6-4-2)19(16)20-18(14)9-13/h7-12H,3-6H2,1-2H3,(H2,21,22,25). The van der Waals surface area contributed by atoms with Crippen LogP contribution in [0.2, 0.25) is 0 Å². The fraction of sp³-hybridized carbons (Fsp3) is 0.316. The van der Waals surface area contributed by atoms with E-state index in [2.05, 4.69) is 50.4 Å². The molecule has 6 heteroatoms. The second-order valence-electron chi connectivity index (χ2n) is 6.25. The predicted molar refractivity (Wildman–Crippen MR) is 107 cm³/mol. The van der Waals surface area contributed by atoms with E-state index in [9.17, 15) is 9.46 Å². The van der Waals surface area contributed by atoms with E-state index in [1.807, 2.05) is 0 Å². The Labute approximate surface area is 152 Å². The molecule has 0 saturated heterocycles. The van der Waals surface area contributed by atoms with E-state index in [0.29, 0.717) is 5.75 Å². The highest BCUT2D eigenvalue weighted by molar-refractivity contribution is 8.44. The van der Waals surface area contributed by atoms with E-state index in [1.54, 1.807) is 12.1 Å². The molecule has 1 aromatic heterocycles. The van der Waals surface area contributed by atoms with E-state index in [4.69, 9.17) is 9.51 Å². The molecule has 0 fully saturated rings. The van der Waals surface area contributed by atoms with Crippen molar-refractivity contribution in [3.05, 3.63) is 47.5 Å². The fourth-order valence-corrected chi connectivity index (χ4v) is 3.79. The maximum Gasteiger partial charge on any atom is 0.434 e. The quantitative estimate of drug-likeness (QED) is 0.329. The van der Waals surface area contributed by atoms with Gasteiger partial charge in [0.15, 0.2) is 0 Å². The number of thiol groups is 1. The Kier molecular flexibility index (Phi) is 5.38. The van der Waals surface area contributed by atoms with Crippen molar-refractivity contribution in [1.29, 1.82) is 0 Å². The second kappa shape index (κ2) is 7.36. The summed E-state index contributed by atoms with van der Waals surface area (Å²) in [6, 6.07) is 11.9. The molecule has 0 bridgehead atoms. The summed E-state index contributed by atoms with van der Waals surface area (Å²) >= 11 is 3.61. The van der Waals surface area contributed by atoms with Gasteiger partial charge < -0.3 is 9.42 Å². The van der Waals surface area contributed by atoms with Crippen LogP contribution in [0.4, 0.5) is 0 Å². The Hall–Kier alpha value is -1.55. The number of pyridine rings is 1. The zero-order chi connectivity index (χ0) is 18.0. The van der Waals surface area contributed by atoms with Crippen LogP contribution in [-0.4, -0.2) is 9.88 Å². The Bertz CT molecular complexity index is 968. The van der Waals surface area contributed by atoms with Gasteiger partial charge in [0.1, 0.15) is 5.75 Å². The number of nitrogens with zero attached hydrogens (tertiary/aromatic N) is 1. The average molecular weight is 375 g/mol. The van der Waals surface area contributed by atoms with Crippen LogP contribution in [0.1, 0.15) is 37.8 Å². The molecule has 2 aromatic carbocycles. The molecule has 1 N–H and O–H groups in total. The lowest BCUT2D eigenvalue weighted by Gasteiger charge is -2.13. The third kappa shape index (κ3) is 4.35. The summed E-state index contributed by atoms with van der Waals surface area (Å²) in [4.78, 5) is 14.3. The SMILES string of the molecule is CCCc1ccc2cc3cc(OP(=O)(O)S)cc(CCC)c3nc2c1. The topological polar surface area (TPSA) is 59.4 Å². The number of hydrogen-bond acceptors (Lipinski definition) is 3. The molecule has 1 atom stereocenters. The van der Waals surface area contributed by atoms with Crippen molar-refractivity contribution in [3.8, 4) is 5.75 Å². The minimum atomic E-state index is -3.89. The molecule has 0 radical (unpaired) electrons. The normalized spacial score (nSPS) is 13.9. The lowest BCUT2D eigenvalue weighted by molar-refractivity contribution is 0.403. The smallest absolute Gasteiger partial charge is 0.417 e. The number of fused-ring (bicyclic) bond motifs is 2. The number of rotatable bonds is 6. The van der Waals surface area contributed by atoms with E-state index >= 15 is 0 Å². The van der Waals surface area contributed by atoms with Crippen LogP contribution >= 0.6 is 19.0 Å². The molecular weight excluding hydrogens is 353 g/mol. The Morgan fingerprint density at radius 3 is 2.52 bits per heavy atom. The van der Waals surface area contributed by atoms with Gasteiger partial charge in [-0.15, -0.1) is 0 Å². The third-order valence-corrected chi connectivity index (χ3v) is 4.81. The molecule has 0 spiro atoms. The summed E-state index contributed by atoms with van der Waals surface area (Å²) in [5.74, 6) is 0.348. The van der Waals surface area contributed by atoms with Gasteiger partial charge in [-0.2, -0.15) is 0 Å². The molecule has 132 valence electrons. The first-order valence-corrected chi connectivity index (χ1v) is 11.2. The number of hydrogen-bond donors (Lipinski definition) is 2. The van der Waals surface area contributed by atoms with E-state index < -0.39 is 6.80 Å². The molecule has 0 amide bonds. The highest BCUT2D eigenvalue weighted by atomic mass is 32.7. The van der Waals surface area contributed by atoms with Crippen molar-refractivity contribution < 1.29 is 14.0 Å². The molecule has 25 heavy (non-hydrogen) atoms. The van der Waals surface area contributed by atoms with Crippen LogP contribution < -0.4 is 4.52 Å². The van der Waals surface area contributed by atoms with Gasteiger partial charge in [0, 0.05) is 10.8 Å². The maximum atomic E-state index is 11.5. The van der Waals surface area contributed by atoms with Gasteiger partial charge in [0.2, 0.25) is 0 Å². The highest BCUT2D eigenvalue weighted by Gasteiger charge is 2.16. The molecule has 0 aliphatic heterocycles. The summed E-state index contributed by atoms with van der Waals surface area (Å²) in [5.41, 5.74) is 4.20. The molecule has 3 aromatic rings. The van der Waals surface area contributed by atoms with E-state index in [-0.39, 0.29) is 0 Å². The number of aryl methyl sites for hydroxylation is 2. The Morgan fingerprint density at radius 2 is 1.84 bits per heavy atom. The van der Waals surface area contributed by atoms with Gasteiger partial charge in [0.05, 0.1) is 11.0 Å². The van der Waals surface area contributed by atoms with Crippen molar-refractivity contribution >= 4 is 40.9 Å². The molecule has 1 unspecified atom stereocenters. The summed E-state index contributed by atoms with van der Waals surface area (Å²) in [7, 11) is 0. The number of aromatic nitrogens is 1. The van der Waals surface area contributed by atoms with Crippen molar-refractivity contribution in [2.24, 2.45) is 0 Å². The van der Waals surface area contributed by atoms with E-state index in [1.165, 1.54) is 5.56 Å². The first kappa shape index (κ1) is 18.2. The molecule has 0 aliphatic rings. The maximum absolute atomic E-state index is 11.5. The predicted octanol–water partition coefficient (Wildman–Crippen LogP) is 5.70. The largest absolute Gasteiger partial charge is 0.434 e. The van der Waals surface area contributed by atoms with Gasteiger partial charge in [-0.05, 0) is 60.5 Å². The monoisotopic (exact) mass is 375 g/mol. The molecule has 0 saturated carbocycles. The zero-order valence-electron chi connectivity index (χ0n) is 14.4.